The van der Waals surface area contributed by atoms with E-state index in [1.165, 1.54) is 30.0 Å². The van der Waals surface area contributed by atoms with Gasteiger partial charge in [0, 0.05) is 16.1 Å². The molecule has 0 heterocycles. The molecule has 1 amide bonds. The molecule has 2 nitrogen and oxygen atoms in total. The Morgan fingerprint density at radius 2 is 1.92 bits per heavy atom. The second kappa shape index (κ2) is 7.42. The Balaban J connectivity index is 1.64. The number of rotatable bonds is 4. The Kier molecular flexibility index (Phi) is 5.27. The van der Waals surface area contributed by atoms with E-state index < -0.39 is 0 Å². The van der Waals surface area contributed by atoms with Crippen LogP contribution < -0.4 is 5.32 Å². The largest absolute Gasteiger partial charge is 0.346 e. The van der Waals surface area contributed by atoms with Crippen molar-refractivity contribution in [2.24, 2.45) is 0 Å². The predicted octanol–water partition coefficient (Wildman–Crippen LogP) is 5.37. The van der Waals surface area contributed by atoms with E-state index >= 15 is 0 Å². The smallest absolute Gasteiger partial charge is 0.244 e. The van der Waals surface area contributed by atoms with Crippen LogP contribution in [0.2, 0.25) is 10.0 Å². The number of nitrogens with one attached hydrogen (secondary N) is 1. The van der Waals surface area contributed by atoms with Gasteiger partial charge in [0.05, 0.1) is 6.04 Å². The van der Waals surface area contributed by atoms with Gasteiger partial charge in [-0.05, 0) is 66.6 Å². The van der Waals surface area contributed by atoms with Crippen molar-refractivity contribution in [3.8, 4) is 0 Å². The van der Waals surface area contributed by atoms with E-state index in [0.29, 0.717) is 10.0 Å². The minimum atomic E-state index is -0.144. The lowest BCUT2D eigenvalue weighted by molar-refractivity contribution is -0.117. The summed E-state index contributed by atoms with van der Waals surface area (Å²) in [4.78, 5) is 12.1. The molecule has 0 bridgehead atoms. The van der Waals surface area contributed by atoms with E-state index in [0.717, 1.165) is 17.5 Å². The lowest BCUT2D eigenvalue weighted by atomic mass is 10.0. The molecule has 0 fully saturated rings. The van der Waals surface area contributed by atoms with Gasteiger partial charge >= 0.3 is 0 Å². The van der Waals surface area contributed by atoms with Crippen molar-refractivity contribution in [3.05, 3.63) is 74.8 Å². The summed E-state index contributed by atoms with van der Waals surface area (Å²) in [6.07, 6.45) is 6.73. The van der Waals surface area contributed by atoms with E-state index in [1.807, 2.05) is 6.92 Å². The molecule has 1 N–H and O–H groups in total. The van der Waals surface area contributed by atoms with Crippen LogP contribution in [0.1, 0.15) is 41.6 Å². The number of carbonyl (C=O) groups excluding carboxylic acids is 1. The van der Waals surface area contributed by atoms with Crippen LogP contribution in [0, 0.1) is 0 Å². The van der Waals surface area contributed by atoms with Crippen molar-refractivity contribution in [1.82, 2.24) is 5.32 Å². The van der Waals surface area contributed by atoms with Crippen molar-refractivity contribution in [2.75, 3.05) is 0 Å². The molecular formula is C20H19Cl2NO. The number of hydrogen-bond acceptors (Lipinski definition) is 1. The van der Waals surface area contributed by atoms with Crippen molar-refractivity contribution >= 4 is 35.2 Å². The van der Waals surface area contributed by atoms with Gasteiger partial charge in [0.2, 0.25) is 5.91 Å². The average molecular weight is 360 g/mol. The van der Waals surface area contributed by atoms with Crippen LogP contribution in [0.5, 0.6) is 0 Å². The molecule has 0 saturated carbocycles. The highest BCUT2D eigenvalue weighted by atomic mass is 35.5. The minimum Gasteiger partial charge on any atom is -0.346 e. The van der Waals surface area contributed by atoms with Crippen molar-refractivity contribution in [2.45, 2.75) is 32.2 Å². The maximum absolute atomic E-state index is 12.1. The van der Waals surface area contributed by atoms with E-state index in [9.17, 15) is 4.79 Å². The SMILES string of the molecule is C[C@@H](NC(=O)/C=C/c1ccc(Cl)cc1Cl)c1ccc2c(c1)CCC2. The highest BCUT2D eigenvalue weighted by Crippen LogP contribution is 2.25. The number of fused-ring (bicyclic) bond motifs is 1. The van der Waals surface area contributed by atoms with Crippen LogP contribution in [0.3, 0.4) is 0 Å². The van der Waals surface area contributed by atoms with E-state index in [2.05, 4.69) is 23.5 Å². The van der Waals surface area contributed by atoms with E-state index in [-0.39, 0.29) is 11.9 Å². The molecule has 0 radical (unpaired) electrons. The van der Waals surface area contributed by atoms with Crippen molar-refractivity contribution < 1.29 is 4.79 Å². The highest BCUT2D eigenvalue weighted by molar-refractivity contribution is 6.35. The van der Waals surface area contributed by atoms with Gasteiger partial charge in [-0.15, -0.1) is 0 Å². The van der Waals surface area contributed by atoms with Gasteiger partial charge in [0.1, 0.15) is 0 Å². The third-order valence-corrected chi connectivity index (χ3v) is 4.92. The van der Waals surface area contributed by atoms with Crippen LogP contribution in [-0.2, 0) is 17.6 Å². The number of benzene rings is 2. The van der Waals surface area contributed by atoms with Crippen molar-refractivity contribution in [1.29, 1.82) is 0 Å². The number of carbonyl (C=O) groups is 1. The quantitative estimate of drug-likeness (QED) is 0.730. The second-order valence-electron chi connectivity index (χ2n) is 6.11. The van der Waals surface area contributed by atoms with E-state index in [1.54, 1.807) is 24.3 Å². The normalized spacial score (nSPS) is 14.6. The molecule has 1 aliphatic carbocycles. The third-order valence-electron chi connectivity index (χ3n) is 4.36. The first-order valence-corrected chi connectivity index (χ1v) is 8.84. The molecule has 0 unspecified atom stereocenters. The summed E-state index contributed by atoms with van der Waals surface area (Å²) in [7, 11) is 0. The molecular weight excluding hydrogens is 341 g/mol. The number of aryl methyl sites for hydroxylation is 2. The molecule has 124 valence electrons. The summed E-state index contributed by atoms with van der Waals surface area (Å²) in [5, 5.41) is 4.10. The lowest BCUT2D eigenvalue weighted by Crippen LogP contribution is -2.24. The van der Waals surface area contributed by atoms with Crippen LogP contribution in [0.25, 0.3) is 6.08 Å². The van der Waals surface area contributed by atoms with Gasteiger partial charge < -0.3 is 5.32 Å². The lowest BCUT2D eigenvalue weighted by Gasteiger charge is -2.14. The second-order valence-corrected chi connectivity index (χ2v) is 6.95. The molecule has 0 spiro atoms. The average Bonchev–Trinajstić information content (AvgIpc) is 3.01. The van der Waals surface area contributed by atoms with Crippen LogP contribution >= 0.6 is 23.2 Å². The monoisotopic (exact) mass is 359 g/mol. The Bertz CT molecular complexity index is 798. The minimum absolute atomic E-state index is 0.0336. The third kappa shape index (κ3) is 4.00. The molecule has 4 heteroatoms. The van der Waals surface area contributed by atoms with Gasteiger partial charge in [-0.3, -0.25) is 4.79 Å². The number of hydrogen-bond donors (Lipinski definition) is 1. The summed E-state index contributed by atoms with van der Waals surface area (Å²) in [5.41, 5.74) is 4.76. The molecule has 2 aromatic carbocycles. The number of halogens is 2. The van der Waals surface area contributed by atoms with Gasteiger partial charge in [-0.25, -0.2) is 0 Å². The zero-order valence-corrected chi connectivity index (χ0v) is 15.0. The first kappa shape index (κ1) is 17.1. The fourth-order valence-electron chi connectivity index (χ4n) is 3.01. The number of amides is 1. The summed E-state index contributed by atoms with van der Waals surface area (Å²) < 4.78 is 0. The van der Waals surface area contributed by atoms with Gasteiger partial charge in [-0.1, -0.05) is 47.5 Å². The molecule has 24 heavy (non-hydrogen) atoms. The first-order chi connectivity index (χ1) is 11.5. The predicted molar refractivity (Wildman–Crippen MR) is 101 cm³/mol. The first-order valence-electron chi connectivity index (χ1n) is 8.08. The molecule has 0 saturated heterocycles. The zero-order chi connectivity index (χ0) is 17.1. The van der Waals surface area contributed by atoms with Gasteiger partial charge in [-0.2, -0.15) is 0 Å². The Morgan fingerprint density at radius 1 is 1.12 bits per heavy atom. The Labute approximate surface area is 152 Å². The van der Waals surface area contributed by atoms with Gasteiger partial charge in [0.25, 0.3) is 0 Å². The standard InChI is InChI=1S/C20H19Cl2NO/c1-13(16-6-5-14-3-2-4-17(14)11-16)23-20(24)10-8-15-7-9-18(21)12-19(15)22/h5-13H,2-4H2,1H3,(H,23,24)/b10-8+/t13-/m1/s1. The maximum Gasteiger partial charge on any atom is 0.244 e. The Hall–Kier alpha value is -1.77. The molecule has 0 aromatic heterocycles. The molecule has 3 rings (SSSR count). The molecule has 0 aliphatic heterocycles. The van der Waals surface area contributed by atoms with Crippen molar-refractivity contribution in [3.63, 3.8) is 0 Å². The fourth-order valence-corrected chi connectivity index (χ4v) is 3.48. The van der Waals surface area contributed by atoms with Gasteiger partial charge in [0.15, 0.2) is 0 Å². The van der Waals surface area contributed by atoms with E-state index in [4.69, 9.17) is 23.2 Å². The Morgan fingerprint density at radius 3 is 2.71 bits per heavy atom. The molecule has 2 aromatic rings. The topological polar surface area (TPSA) is 29.1 Å². The summed E-state index contributed by atoms with van der Waals surface area (Å²) in [6.45, 7) is 2.00. The fraction of sp³-hybridized carbons (Fsp3) is 0.250. The van der Waals surface area contributed by atoms with Crippen LogP contribution in [0.15, 0.2) is 42.5 Å². The molecule has 1 atom stereocenters. The molecule has 1 aliphatic rings. The zero-order valence-electron chi connectivity index (χ0n) is 13.5. The highest BCUT2D eigenvalue weighted by Gasteiger charge is 2.14. The summed E-state index contributed by atoms with van der Waals surface area (Å²) >= 11 is 12.0. The van der Waals surface area contributed by atoms with Crippen LogP contribution in [-0.4, -0.2) is 5.91 Å². The maximum atomic E-state index is 12.1. The summed E-state index contributed by atoms with van der Waals surface area (Å²) in [6, 6.07) is 11.7. The summed E-state index contributed by atoms with van der Waals surface area (Å²) in [5.74, 6) is -0.144. The van der Waals surface area contributed by atoms with Crippen LogP contribution in [0.4, 0.5) is 0 Å².